The highest BCUT2D eigenvalue weighted by Crippen LogP contribution is 2.37. The van der Waals surface area contributed by atoms with Gasteiger partial charge in [0.15, 0.2) is 6.29 Å². The summed E-state index contributed by atoms with van der Waals surface area (Å²) in [5.41, 5.74) is 2.57. The Morgan fingerprint density at radius 2 is 2.03 bits per heavy atom. The van der Waals surface area contributed by atoms with Crippen molar-refractivity contribution in [2.45, 2.75) is 18.6 Å². The van der Waals surface area contributed by atoms with E-state index in [0.717, 1.165) is 34.9 Å². The summed E-state index contributed by atoms with van der Waals surface area (Å²) in [5, 5.41) is 13.4. The predicted molar refractivity (Wildman–Crippen MR) is 111 cm³/mol. The number of aromatic nitrogens is 1. The molecule has 3 aromatic rings. The third-order valence-corrected chi connectivity index (χ3v) is 5.01. The molecular formula is C23H24N2O4. The van der Waals surface area contributed by atoms with E-state index in [1.165, 1.54) is 7.11 Å². The van der Waals surface area contributed by atoms with Crippen LogP contribution in [0.3, 0.4) is 0 Å². The van der Waals surface area contributed by atoms with Gasteiger partial charge in [0.25, 0.3) is 0 Å². The lowest BCUT2D eigenvalue weighted by molar-refractivity contribution is -0.0764. The number of anilines is 1. The number of aliphatic hydroxyl groups excluding tert-OH is 1. The minimum atomic E-state index is -0.986. The maximum Gasteiger partial charge on any atom is 0.182 e. The van der Waals surface area contributed by atoms with E-state index in [0.29, 0.717) is 18.7 Å². The van der Waals surface area contributed by atoms with E-state index in [2.05, 4.69) is 16.4 Å². The quantitative estimate of drug-likeness (QED) is 0.577. The molecule has 29 heavy (non-hydrogen) atoms. The molecule has 0 saturated heterocycles. The molecule has 0 amide bonds. The molecule has 0 fully saturated rings. The Balaban J connectivity index is 1.48. The van der Waals surface area contributed by atoms with Gasteiger partial charge in [-0.25, -0.2) is 0 Å². The Bertz CT molecular complexity index is 949. The van der Waals surface area contributed by atoms with E-state index in [4.69, 9.17) is 14.2 Å². The number of hydrogen-bond donors (Lipinski definition) is 2. The van der Waals surface area contributed by atoms with Crippen molar-refractivity contribution >= 4 is 5.69 Å². The molecule has 2 heterocycles. The van der Waals surface area contributed by atoms with Crippen LogP contribution in [0.15, 0.2) is 67.0 Å². The average Bonchev–Trinajstić information content (AvgIpc) is 2.78. The molecule has 0 aliphatic carbocycles. The van der Waals surface area contributed by atoms with Crippen molar-refractivity contribution in [1.29, 1.82) is 0 Å². The molecule has 2 aromatic carbocycles. The first kappa shape index (κ1) is 19.2. The largest absolute Gasteiger partial charge is 0.493 e. The molecule has 0 bridgehead atoms. The Morgan fingerprint density at radius 1 is 1.17 bits per heavy atom. The number of fused-ring (bicyclic) bond motifs is 1. The summed E-state index contributed by atoms with van der Waals surface area (Å²) in [5.74, 6) is 2.67. The molecule has 0 radical (unpaired) electrons. The smallest absolute Gasteiger partial charge is 0.182 e. The van der Waals surface area contributed by atoms with Gasteiger partial charge >= 0.3 is 0 Å². The van der Waals surface area contributed by atoms with Crippen LogP contribution in [-0.2, 0) is 4.74 Å². The lowest BCUT2D eigenvalue weighted by atomic mass is 9.93. The molecule has 6 heteroatoms. The average molecular weight is 392 g/mol. The van der Waals surface area contributed by atoms with Gasteiger partial charge in [0.2, 0.25) is 0 Å². The number of aliphatic hydroxyl groups is 1. The van der Waals surface area contributed by atoms with Crippen molar-refractivity contribution in [3.63, 3.8) is 0 Å². The van der Waals surface area contributed by atoms with Crippen molar-refractivity contribution in [3.05, 3.63) is 78.1 Å². The van der Waals surface area contributed by atoms with Crippen LogP contribution in [0.2, 0.25) is 0 Å². The molecular weight excluding hydrogens is 368 g/mol. The van der Waals surface area contributed by atoms with Gasteiger partial charge in [0, 0.05) is 37.4 Å². The van der Waals surface area contributed by atoms with Gasteiger partial charge in [0.05, 0.1) is 18.5 Å². The fourth-order valence-electron chi connectivity index (χ4n) is 3.47. The van der Waals surface area contributed by atoms with Crippen molar-refractivity contribution < 1.29 is 19.3 Å². The number of methoxy groups -OCH3 is 1. The standard InChI is InChI=1S/C23H24N2O4/c1-27-23(26)20-9-11-24-15-21(20)25-14-16-10-12-28-22-13-18(7-8-19(16)22)29-17-5-3-2-4-6-17/h2-9,11,13,15-16,23,25-26H,10,12,14H2,1H3/t16-,23?/m0/s1. The Hall–Kier alpha value is -3.09. The first-order valence-corrected chi connectivity index (χ1v) is 9.63. The van der Waals surface area contributed by atoms with Crippen LogP contribution < -0.4 is 14.8 Å². The maximum atomic E-state index is 10.0. The van der Waals surface area contributed by atoms with E-state index in [9.17, 15) is 5.11 Å². The molecule has 2 N–H and O–H groups in total. The zero-order valence-electron chi connectivity index (χ0n) is 16.2. The summed E-state index contributed by atoms with van der Waals surface area (Å²) >= 11 is 0. The van der Waals surface area contributed by atoms with Gasteiger partial charge in [0.1, 0.15) is 17.2 Å². The SMILES string of the molecule is COC(O)c1ccncc1NC[C@@H]1CCOc2cc(Oc3ccccc3)ccc21. The summed E-state index contributed by atoms with van der Waals surface area (Å²) < 4.78 is 16.8. The number of nitrogens with one attached hydrogen (secondary N) is 1. The van der Waals surface area contributed by atoms with Gasteiger partial charge < -0.3 is 24.6 Å². The molecule has 1 unspecified atom stereocenters. The molecule has 2 atom stereocenters. The Morgan fingerprint density at radius 3 is 2.86 bits per heavy atom. The minimum absolute atomic E-state index is 0.275. The number of hydrogen-bond acceptors (Lipinski definition) is 6. The first-order valence-electron chi connectivity index (χ1n) is 9.63. The molecule has 1 aliphatic heterocycles. The van der Waals surface area contributed by atoms with Crippen LogP contribution in [0.4, 0.5) is 5.69 Å². The number of benzene rings is 2. The van der Waals surface area contributed by atoms with Crippen LogP contribution in [-0.4, -0.2) is 30.4 Å². The lowest BCUT2D eigenvalue weighted by Crippen LogP contribution is -2.21. The molecule has 1 aliphatic rings. The number of nitrogens with zero attached hydrogens (tertiary/aromatic N) is 1. The minimum Gasteiger partial charge on any atom is -0.493 e. The van der Waals surface area contributed by atoms with Gasteiger partial charge in [-0.15, -0.1) is 0 Å². The molecule has 4 rings (SSSR count). The summed E-state index contributed by atoms with van der Waals surface area (Å²) in [4.78, 5) is 4.15. The topological polar surface area (TPSA) is 72.8 Å². The van der Waals surface area contributed by atoms with Crippen LogP contribution >= 0.6 is 0 Å². The van der Waals surface area contributed by atoms with Crippen molar-refractivity contribution in [1.82, 2.24) is 4.98 Å². The fraction of sp³-hybridized carbons (Fsp3) is 0.261. The summed E-state index contributed by atoms with van der Waals surface area (Å²) in [6.07, 6.45) is 3.26. The normalized spacial score (nSPS) is 16.4. The third kappa shape index (κ3) is 4.50. The Kier molecular flexibility index (Phi) is 5.93. The number of pyridine rings is 1. The van der Waals surface area contributed by atoms with E-state index in [-0.39, 0.29) is 5.92 Å². The van der Waals surface area contributed by atoms with Gasteiger partial charge in [-0.3, -0.25) is 4.98 Å². The maximum absolute atomic E-state index is 10.0. The van der Waals surface area contributed by atoms with Crippen LogP contribution in [0.5, 0.6) is 17.2 Å². The van der Waals surface area contributed by atoms with E-state index in [1.54, 1.807) is 18.5 Å². The molecule has 150 valence electrons. The number of rotatable bonds is 7. The monoisotopic (exact) mass is 392 g/mol. The number of ether oxygens (including phenoxy) is 3. The summed E-state index contributed by atoms with van der Waals surface area (Å²) in [6.45, 7) is 1.35. The van der Waals surface area contributed by atoms with Crippen LogP contribution in [0, 0.1) is 0 Å². The first-order chi connectivity index (χ1) is 14.2. The highest BCUT2D eigenvalue weighted by molar-refractivity contribution is 5.51. The van der Waals surface area contributed by atoms with E-state index >= 15 is 0 Å². The van der Waals surface area contributed by atoms with Crippen LogP contribution in [0.1, 0.15) is 29.8 Å². The lowest BCUT2D eigenvalue weighted by Gasteiger charge is -2.27. The second-order valence-electron chi connectivity index (χ2n) is 6.88. The summed E-state index contributed by atoms with van der Waals surface area (Å²) in [7, 11) is 1.47. The zero-order valence-corrected chi connectivity index (χ0v) is 16.2. The highest BCUT2D eigenvalue weighted by Gasteiger charge is 2.23. The summed E-state index contributed by atoms with van der Waals surface area (Å²) in [6, 6.07) is 17.4. The zero-order chi connectivity index (χ0) is 20.1. The number of para-hydroxylation sites is 1. The molecule has 1 aromatic heterocycles. The van der Waals surface area contributed by atoms with Crippen molar-refractivity contribution in [3.8, 4) is 17.2 Å². The highest BCUT2D eigenvalue weighted by atomic mass is 16.6. The molecule has 0 spiro atoms. The fourth-order valence-corrected chi connectivity index (χ4v) is 3.47. The van der Waals surface area contributed by atoms with Gasteiger partial charge in [-0.05, 0) is 36.2 Å². The van der Waals surface area contributed by atoms with E-state index < -0.39 is 6.29 Å². The van der Waals surface area contributed by atoms with E-state index in [1.807, 2.05) is 42.5 Å². The second-order valence-corrected chi connectivity index (χ2v) is 6.88. The molecule has 0 saturated carbocycles. The van der Waals surface area contributed by atoms with Crippen LogP contribution in [0.25, 0.3) is 0 Å². The van der Waals surface area contributed by atoms with Crippen molar-refractivity contribution in [2.75, 3.05) is 25.6 Å². The van der Waals surface area contributed by atoms with Crippen molar-refractivity contribution in [2.24, 2.45) is 0 Å². The predicted octanol–water partition coefficient (Wildman–Crippen LogP) is 4.49. The Labute approximate surface area is 170 Å². The second kappa shape index (κ2) is 8.94. The van der Waals surface area contributed by atoms with Gasteiger partial charge in [-0.1, -0.05) is 24.3 Å². The van der Waals surface area contributed by atoms with Gasteiger partial charge in [-0.2, -0.15) is 0 Å². The molecule has 6 nitrogen and oxygen atoms in total. The third-order valence-electron chi connectivity index (χ3n) is 5.01.